The van der Waals surface area contributed by atoms with Crippen molar-refractivity contribution < 1.29 is 29.4 Å². The Kier molecular flexibility index (Phi) is 30.0. The summed E-state index contributed by atoms with van der Waals surface area (Å²) in [7, 11) is 1.97. The molecule has 0 heterocycles. The van der Waals surface area contributed by atoms with E-state index < -0.39 is 34.6 Å². The lowest BCUT2D eigenvalue weighted by Crippen LogP contribution is -2.58. The Morgan fingerprint density at radius 2 is 0.625 bits per heavy atom. The molecule has 0 saturated heterocycles. The van der Waals surface area contributed by atoms with Gasteiger partial charge in [-0.15, -0.1) is 0 Å². The molecule has 6 N–H and O–H groups in total. The van der Waals surface area contributed by atoms with Crippen LogP contribution in [0.2, 0.25) is 0 Å². The predicted molar refractivity (Wildman–Crippen MR) is 205 cm³/mol. The molecule has 0 rings (SSSR count). The largest absolute Gasteiger partial charge is 0.480 e. The molecular weight excluding hydrogens is 645 g/mol. The number of rotatable bonds is 37. The van der Waals surface area contributed by atoms with Gasteiger partial charge in [-0.1, -0.05) is 190 Å². The van der Waals surface area contributed by atoms with Crippen LogP contribution >= 0.6 is 21.6 Å². The van der Waals surface area contributed by atoms with Gasteiger partial charge >= 0.3 is 11.9 Å². The lowest BCUT2D eigenvalue weighted by molar-refractivity contribution is -0.148. The van der Waals surface area contributed by atoms with E-state index >= 15 is 0 Å². The predicted octanol–water partition coefficient (Wildman–Crippen LogP) is 10.0. The Bertz CT molecular complexity index is 793. The Hall–Kier alpha value is -1.10. The highest BCUT2D eigenvalue weighted by molar-refractivity contribution is 8.76. The number of unbranched alkanes of at least 4 members (excludes halogenated alkanes) is 24. The maximum Gasteiger partial charge on any atom is 0.332 e. The molecule has 0 bridgehead atoms. The molecule has 8 nitrogen and oxygen atoms in total. The molecule has 0 unspecified atom stereocenters. The van der Waals surface area contributed by atoms with Crippen molar-refractivity contribution in [3.8, 4) is 0 Å². The van der Waals surface area contributed by atoms with Crippen molar-refractivity contribution in [3.63, 3.8) is 0 Å². The summed E-state index contributed by atoms with van der Waals surface area (Å²) in [6.07, 6.45) is 30.6. The number of carbonyl (C=O) groups is 4. The van der Waals surface area contributed by atoms with Crippen molar-refractivity contribution in [2.75, 3.05) is 11.5 Å². The first-order chi connectivity index (χ1) is 23.1. The number of aliphatic carboxylic acids is 2. The van der Waals surface area contributed by atoms with E-state index in [9.17, 15) is 29.4 Å². The number of ketones is 2. The molecule has 2 atom stereocenters. The van der Waals surface area contributed by atoms with Gasteiger partial charge in [0.25, 0.3) is 0 Å². The third-order valence-electron chi connectivity index (χ3n) is 9.43. The number of hydrogen-bond donors (Lipinski definition) is 4. The van der Waals surface area contributed by atoms with Crippen LogP contribution < -0.4 is 11.5 Å². The van der Waals surface area contributed by atoms with Crippen LogP contribution in [0.4, 0.5) is 0 Å². The summed E-state index contributed by atoms with van der Waals surface area (Å²) >= 11 is 0. The summed E-state index contributed by atoms with van der Waals surface area (Å²) in [5.41, 5.74) is 8.01. The standard InChI is InChI=1S/C38H72N2O6S2/c1-3-5-7-9-11-13-15-17-19-21-23-25-27-29-33(41)37(39,35(43)44)31-47-48-32-38(40,36(45)46)34(42)30-28-26-24-22-20-18-16-14-12-10-8-6-4-2/h3-32,39-40H2,1-2H3,(H,43,44)(H,45,46)/t37-,38-/m1/s1. The van der Waals surface area contributed by atoms with Crippen molar-refractivity contribution >= 4 is 45.1 Å². The molecule has 0 radical (unpaired) electrons. The van der Waals surface area contributed by atoms with E-state index in [4.69, 9.17) is 11.5 Å². The zero-order valence-electron chi connectivity index (χ0n) is 30.7. The van der Waals surface area contributed by atoms with Crippen LogP contribution in [0.25, 0.3) is 0 Å². The normalized spacial score (nSPS) is 14.0. The van der Waals surface area contributed by atoms with Gasteiger partial charge in [-0.05, 0) is 12.8 Å². The lowest BCUT2D eigenvalue weighted by atomic mass is 9.93. The quantitative estimate of drug-likeness (QED) is 0.0277. The summed E-state index contributed by atoms with van der Waals surface area (Å²) in [5, 5.41) is 19.5. The first-order valence-corrected chi connectivity index (χ1v) is 21.9. The highest BCUT2D eigenvalue weighted by Gasteiger charge is 2.44. The second kappa shape index (κ2) is 30.7. The third-order valence-corrected chi connectivity index (χ3v) is 11.9. The minimum absolute atomic E-state index is 0.0966. The highest BCUT2D eigenvalue weighted by Crippen LogP contribution is 2.30. The fourth-order valence-electron chi connectivity index (χ4n) is 5.84. The van der Waals surface area contributed by atoms with E-state index in [1.807, 2.05) is 0 Å². The molecule has 0 saturated carbocycles. The average Bonchev–Trinajstić information content (AvgIpc) is 3.06. The van der Waals surface area contributed by atoms with Crippen molar-refractivity contribution in [1.82, 2.24) is 0 Å². The van der Waals surface area contributed by atoms with Gasteiger partial charge in [0, 0.05) is 24.3 Å². The topological polar surface area (TPSA) is 161 Å². The van der Waals surface area contributed by atoms with Crippen LogP contribution in [0.3, 0.4) is 0 Å². The maximum absolute atomic E-state index is 12.8. The van der Waals surface area contributed by atoms with Gasteiger partial charge in [0.15, 0.2) is 22.6 Å². The zero-order valence-corrected chi connectivity index (χ0v) is 32.3. The van der Waals surface area contributed by atoms with E-state index in [0.29, 0.717) is 12.8 Å². The summed E-state index contributed by atoms with van der Waals surface area (Å²) in [6, 6.07) is 0. The van der Waals surface area contributed by atoms with E-state index in [2.05, 4.69) is 13.8 Å². The fraction of sp³-hybridized carbons (Fsp3) is 0.895. The molecule has 48 heavy (non-hydrogen) atoms. The molecule has 0 aromatic carbocycles. The Labute approximate surface area is 301 Å². The molecule has 0 amide bonds. The monoisotopic (exact) mass is 716 g/mol. The lowest BCUT2D eigenvalue weighted by Gasteiger charge is -2.25. The molecule has 0 aliphatic heterocycles. The number of carboxylic acid groups (broad SMARTS) is 2. The maximum atomic E-state index is 12.8. The van der Waals surface area contributed by atoms with Crippen molar-refractivity contribution in [3.05, 3.63) is 0 Å². The Morgan fingerprint density at radius 1 is 0.417 bits per heavy atom. The van der Waals surface area contributed by atoms with E-state index in [1.54, 1.807) is 0 Å². The minimum Gasteiger partial charge on any atom is -0.480 e. The van der Waals surface area contributed by atoms with Gasteiger partial charge < -0.3 is 21.7 Å². The molecule has 0 aromatic heterocycles. The number of nitrogens with two attached hydrogens (primary N) is 2. The summed E-state index contributed by atoms with van der Waals surface area (Å²) < 4.78 is 0. The van der Waals surface area contributed by atoms with Crippen molar-refractivity contribution in [2.24, 2.45) is 11.5 Å². The number of carboxylic acids is 2. The Balaban J connectivity index is 4.25. The van der Waals surface area contributed by atoms with E-state index in [-0.39, 0.29) is 24.3 Å². The van der Waals surface area contributed by atoms with Crippen LogP contribution in [0.1, 0.15) is 194 Å². The average molecular weight is 717 g/mol. The SMILES string of the molecule is CCCCCCCCCCCCCCCC(=O)[C@](N)(CSSC[C@](N)(C(=O)O)C(=O)CCCCCCCCCCCCCCC)C(=O)O. The second-order valence-corrected chi connectivity index (χ2v) is 16.4. The number of Topliss-reactive ketones (excluding diaryl/α,β-unsaturated/α-hetero) is 2. The molecule has 0 fully saturated rings. The molecule has 10 heteroatoms. The minimum atomic E-state index is -2.06. The van der Waals surface area contributed by atoms with Gasteiger partial charge in [-0.2, -0.15) is 0 Å². The first kappa shape index (κ1) is 46.9. The summed E-state index contributed by atoms with van der Waals surface area (Å²) in [6.45, 7) is 4.47. The van der Waals surface area contributed by atoms with Crippen LogP contribution in [0.5, 0.6) is 0 Å². The third kappa shape index (κ3) is 22.6. The van der Waals surface area contributed by atoms with Gasteiger partial charge in [0.1, 0.15) is 0 Å². The van der Waals surface area contributed by atoms with Gasteiger partial charge in [0.05, 0.1) is 0 Å². The van der Waals surface area contributed by atoms with Crippen LogP contribution in [-0.4, -0.2) is 56.3 Å². The van der Waals surface area contributed by atoms with Crippen molar-refractivity contribution in [2.45, 2.75) is 205 Å². The first-order valence-electron chi connectivity index (χ1n) is 19.4. The van der Waals surface area contributed by atoms with Crippen LogP contribution in [0, 0.1) is 0 Å². The van der Waals surface area contributed by atoms with Crippen molar-refractivity contribution in [1.29, 1.82) is 0 Å². The zero-order chi connectivity index (χ0) is 35.9. The van der Waals surface area contributed by atoms with Gasteiger partial charge in [-0.3, -0.25) is 9.59 Å². The molecule has 0 aliphatic rings. The molecule has 0 aromatic rings. The van der Waals surface area contributed by atoms with E-state index in [1.165, 1.54) is 116 Å². The fourth-order valence-corrected chi connectivity index (χ4v) is 8.57. The smallest absolute Gasteiger partial charge is 0.332 e. The van der Waals surface area contributed by atoms with Crippen LogP contribution in [0.15, 0.2) is 0 Å². The summed E-state index contributed by atoms with van der Waals surface area (Å²) in [5.74, 6) is -4.30. The molecule has 282 valence electrons. The highest BCUT2D eigenvalue weighted by atomic mass is 33.1. The number of hydrogen-bond acceptors (Lipinski definition) is 8. The molecular formula is C38H72N2O6S2. The van der Waals surface area contributed by atoms with Gasteiger partial charge in [-0.25, -0.2) is 9.59 Å². The van der Waals surface area contributed by atoms with E-state index in [0.717, 1.165) is 60.1 Å². The van der Waals surface area contributed by atoms with Crippen LogP contribution in [-0.2, 0) is 19.2 Å². The molecule has 0 spiro atoms. The number of carbonyl (C=O) groups excluding carboxylic acids is 2. The molecule has 0 aliphatic carbocycles. The second-order valence-electron chi connectivity index (χ2n) is 13.9. The van der Waals surface area contributed by atoms with Gasteiger partial charge in [0.2, 0.25) is 0 Å². The summed E-state index contributed by atoms with van der Waals surface area (Å²) in [4.78, 5) is 49.6. The Morgan fingerprint density at radius 3 is 0.833 bits per heavy atom.